The van der Waals surface area contributed by atoms with Crippen LogP contribution in [0.5, 0.6) is 0 Å². The van der Waals surface area contributed by atoms with E-state index in [1.165, 1.54) is 23.1 Å². The molecule has 0 N–H and O–H groups in total. The molecule has 0 amide bonds. The van der Waals surface area contributed by atoms with Crippen molar-refractivity contribution in [2.75, 3.05) is 6.61 Å². The molecule has 1 aromatic carbocycles. The Morgan fingerprint density at radius 2 is 2.13 bits per heavy atom. The fourth-order valence-corrected chi connectivity index (χ4v) is 5.17. The highest BCUT2D eigenvalue weighted by atomic mass is 35.5. The van der Waals surface area contributed by atoms with E-state index < -0.39 is 0 Å². The molecule has 1 atom stereocenters. The summed E-state index contributed by atoms with van der Waals surface area (Å²) in [6.07, 6.45) is 3.98. The van der Waals surface area contributed by atoms with E-state index in [1.807, 2.05) is 29.6 Å². The molecule has 1 aliphatic heterocycles. The molecule has 30 heavy (non-hydrogen) atoms. The second-order valence-corrected chi connectivity index (χ2v) is 9.24. The van der Waals surface area contributed by atoms with Gasteiger partial charge in [-0.3, -0.25) is 13.8 Å². The van der Waals surface area contributed by atoms with Crippen LogP contribution in [0.3, 0.4) is 0 Å². The standard InChI is InChI=1S/C20H18ClN5O2S2/c21-14-5-3-13(4-6-14)18-23-24-20(26(18)11-16-2-1-8-28-16)30-12-15-10-17(27)25-7-9-29-19(25)22-15/h3-7,9-10,16H,1-2,8,11-12H2/t16-/m0/s1. The summed E-state index contributed by atoms with van der Waals surface area (Å²) in [5, 5.41) is 12.2. The van der Waals surface area contributed by atoms with Crippen molar-refractivity contribution in [3.8, 4) is 11.4 Å². The first-order valence-electron chi connectivity index (χ1n) is 9.57. The first kappa shape index (κ1) is 19.7. The van der Waals surface area contributed by atoms with Crippen molar-refractivity contribution in [1.29, 1.82) is 0 Å². The van der Waals surface area contributed by atoms with E-state index in [9.17, 15) is 4.79 Å². The van der Waals surface area contributed by atoms with Crippen LogP contribution in [0.2, 0.25) is 5.02 Å². The molecule has 1 aliphatic rings. The molecule has 0 radical (unpaired) electrons. The van der Waals surface area contributed by atoms with Gasteiger partial charge in [-0.05, 0) is 37.1 Å². The lowest BCUT2D eigenvalue weighted by atomic mass is 10.2. The molecule has 0 unspecified atom stereocenters. The Bertz CT molecular complexity index is 1230. The third-order valence-corrected chi connectivity index (χ3v) is 6.94. The van der Waals surface area contributed by atoms with Crippen molar-refractivity contribution >= 4 is 39.7 Å². The molecule has 0 spiro atoms. The van der Waals surface area contributed by atoms with Gasteiger partial charge in [-0.1, -0.05) is 23.4 Å². The molecule has 5 rings (SSSR count). The van der Waals surface area contributed by atoms with Crippen LogP contribution in [0.25, 0.3) is 16.3 Å². The quantitative estimate of drug-likeness (QED) is 0.403. The normalized spacial score (nSPS) is 16.5. The second kappa shape index (κ2) is 8.50. The number of halogens is 1. The molecule has 10 heteroatoms. The van der Waals surface area contributed by atoms with Crippen LogP contribution in [0.1, 0.15) is 18.5 Å². The predicted molar refractivity (Wildman–Crippen MR) is 118 cm³/mol. The number of fused-ring (bicyclic) bond motifs is 1. The largest absolute Gasteiger partial charge is 0.376 e. The molecule has 0 bridgehead atoms. The SMILES string of the molecule is O=c1cc(CSc2nnc(-c3ccc(Cl)cc3)n2C[C@@H]2CCCO2)nc2sccn12. The molecule has 154 valence electrons. The second-order valence-electron chi connectivity index (χ2n) is 6.99. The average molecular weight is 460 g/mol. The highest BCUT2D eigenvalue weighted by Gasteiger charge is 2.22. The van der Waals surface area contributed by atoms with Gasteiger partial charge in [-0.25, -0.2) is 4.98 Å². The minimum absolute atomic E-state index is 0.0699. The van der Waals surface area contributed by atoms with E-state index in [0.717, 1.165) is 41.7 Å². The van der Waals surface area contributed by atoms with Crippen molar-refractivity contribution in [3.63, 3.8) is 0 Å². The van der Waals surface area contributed by atoms with Crippen molar-refractivity contribution in [2.24, 2.45) is 0 Å². The first-order chi connectivity index (χ1) is 14.7. The molecule has 4 aromatic rings. The summed E-state index contributed by atoms with van der Waals surface area (Å²) >= 11 is 9.02. The monoisotopic (exact) mass is 459 g/mol. The Morgan fingerprint density at radius 1 is 1.27 bits per heavy atom. The Balaban J connectivity index is 1.44. The van der Waals surface area contributed by atoms with Gasteiger partial charge in [0.25, 0.3) is 5.56 Å². The molecular weight excluding hydrogens is 442 g/mol. The lowest BCUT2D eigenvalue weighted by Gasteiger charge is -2.14. The summed E-state index contributed by atoms with van der Waals surface area (Å²) in [7, 11) is 0. The van der Waals surface area contributed by atoms with Crippen molar-refractivity contribution in [1.82, 2.24) is 24.1 Å². The van der Waals surface area contributed by atoms with Gasteiger partial charge >= 0.3 is 0 Å². The highest BCUT2D eigenvalue weighted by molar-refractivity contribution is 7.98. The van der Waals surface area contributed by atoms with Gasteiger partial charge in [-0.2, -0.15) is 0 Å². The maximum absolute atomic E-state index is 12.2. The highest BCUT2D eigenvalue weighted by Crippen LogP contribution is 2.28. The molecule has 4 heterocycles. The van der Waals surface area contributed by atoms with Crippen LogP contribution >= 0.6 is 34.7 Å². The number of hydrogen-bond donors (Lipinski definition) is 0. The minimum Gasteiger partial charge on any atom is -0.376 e. The van der Waals surface area contributed by atoms with Gasteiger partial charge in [0, 0.05) is 40.6 Å². The summed E-state index contributed by atoms with van der Waals surface area (Å²) in [6, 6.07) is 9.17. The van der Waals surface area contributed by atoms with E-state index in [2.05, 4.69) is 19.7 Å². The first-order valence-corrected chi connectivity index (χ1v) is 11.8. The molecule has 7 nitrogen and oxygen atoms in total. The van der Waals surface area contributed by atoms with Crippen molar-refractivity contribution in [3.05, 3.63) is 63.0 Å². The zero-order chi connectivity index (χ0) is 20.5. The van der Waals surface area contributed by atoms with Crippen LogP contribution in [0.15, 0.2) is 51.9 Å². The van der Waals surface area contributed by atoms with Gasteiger partial charge in [0.1, 0.15) is 0 Å². The number of ether oxygens (including phenoxy) is 1. The van der Waals surface area contributed by atoms with Crippen LogP contribution in [0, 0.1) is 0 Å². The number of thiazole rings is 1. The van der Waals surface area contributed by atoms with Gasteiger partial charge in [0.15, 0.2) is 15.9 Å². The minimum atomic E-state index is -0.0699. The third-order valence-electron chi connectivity index (χ3n) is 4.93. The van der Waals surface area contributed by atoms with Crippen LogP contribution in [-0.2, 0) is 17.0 Å². The summed E-state index contributed by atoms with van der Waals surface area (Å²) in [5.74, 6) is 1.32. The number of hydrogen-bond acceptors (Lipinski definition) is 7. The van der Waals surface area contributed by atoms with E-state index in [1.54, 1.807) is 16.7 Å². The lowest BCUT2D eigenvalue weighted by Crippen LogP contribution is -2.17. The number of thioether (sulfide) groups is 1. The number of aromatic nitrogens is 5. The maximum Gasteiger partial charge on any atom is 0.258 e. The summed E-state index contributed by atoms with van der Waals surface area (Å²) in [4.78, 5) is 17.5. The van der Waals surface area contributed by atoms with Crippen LogP contribution < -0.4 is 5.56 Å². The number of nitrogens with zero attached hydrogens (tertiary/aromatic N) is 5. The van der Waals surface area contributed by atoms with Crippen LogP contribution in [0.4, 0.5) is 0 Å². The van der Waals surface area contributed by atoms with Crippen molar-refractivity contribution in [2.45, 2.75) is 36.4 Å². The molecule has 1 saturated heterocycles. The molecule has 0 aliphatic carbocycles. The fourth-order valence-electron chi connectivity index (χ4n) is 3.46. The van der Waals surface area contributed by atoms with Gasteiger partial charge < -0.3 is 4.74 Å². The maximum atomic E-state index is 12.2. The van der Waals surface area contributed by atoms with Gasteiger partial charge in [0.2, 0.25) is 0 Å². The Hall–Kier alpha value is -2.20. The smallest absolute Gasteiger partial charge is 0.258 e. The topological polar surface area (TPSA) is 74.3 Å². The van der Waals surface area contributed by atoms with Crippen LogP contribution in [-0.4, -0.2) is 36.9 Å². The van der Waals surface area contributed by atoms with E-state index in [4.69, 9.17) is 16.3 Å². The van der Waals surface area contributed by atoms with Gasteiger partial charge in [0.05, 0.1) is 18.3 Å². The lowest BCUT2D eigenvalue weighted by molar-refractivity contribution is 0.0953. The summed E-state index contributed by atoms with van der Waals surface area (Å²) in [6.45, 7) is 1.48. The van der Waals surface area contributed by atoms with Gasteiger partial charge in [-0.15, -0.1) is 21.5 Å². The number of benzene rings is 1. The third kappa shape index (κ3) is 4.02. The zero-order valence-corrected chi connectivity index (χ0v) is 18.3. The van der Waals surface area contributed by atoms with E-state index >= 15 is 0 Å². The fraction of sp³-hybridized carbons (Fsp3) is 0.300. The Morgan fingerprint density at radius 3 is 2.93 bits per heavy atom. The van der Waals surface area contributed by atoms with Crippen molar-refractivity contribution < 1.29 is 4.74 Å². The molecule has 1 fully saturated rings. The zero-order valence-electron chi connectivity index (χ0n) is 15.9. The molecule has 3 aromatic heterocycles. The summed E-state index contributed by atoms with van der Waals surface area (Å²) < 4.78 is 9.50. The predicted octanol–water partition coefficient (Wildman–Crippen LogP) is 4.14. The van der Waals surface area contributed by atoms with E-state index in [0.29, 0.717) is 22.3 Å². The average Bonchev–Trinajstić information content (AvgIpc) is 3.49. The Labute approximate surface area is 185 Å². The van der Waals surface area contributed by atoms with E-state index in [-0.39, 0.29) is 11.7 Å². The summed E-state index contributed by atoms with van der Waals surface area (Å²) in [5.41, 5.74) is 1.61. The molecular formula is C20H18ClN5O2S2. The number of rotatable bonds is 6. The Kier molecular flexibility index (Phi) is 5.60. The molecule has 0 saturated carbocycles.